The van der Waals surface area contributed by atoms with Crippen molar-refractivity contribution in [3.05, 3.63) is 46.2 Å². The molecule has 0 aliphatic heterocycles. The first kappa shape index (κ1) is 11.6. The first-order valence-electron chi connectivity index (χ1n) is 5.27. The van der Waals surface area contributed by atoms with Gasteiger partial charge < -0.3 is 5.73 Å². The average molecular weight is 249 g/mol. The Bertz CT molecular complexity index is 449. The van der Waals surface area contributed by atoms with Crippen LogP contribution >= 0.6 is 23.1 Å². The minimum Gasteiger partial charge on any atom is -0.398 e. The normalized spacial score (nSPS) is 10.6. The predicted octanol–water partition coefficient (Wildman–Crippen LogP) is 3.97. The zero-order chi connectivity index (χ0) is 11.4. The Labute approximate surface area is 105 Å². The van der Waals surface area contributed by atoms with Gasteiger partial charge in [-0.1, -0.05) is 12.1 Å². The largest absolute Gasteiger partial charge is 0.398 e. The Kier molecular flexibility index (Phi) is 3.91. The number of hydrogen-bond acceptors (Lipinski definition) is 3. The van der Waals surface area contributed by atoms with Crippen molar-refractivity contribution in [3.63, 3.8) is 0 Å². The highest BCUT2D eigenvalue weighted by atomic mass is 32.2. The van der Waals surface area contributed by atoms with Crippen LogP contribution in [0.5, 0.6) is 0 Å². The molecule has 0 saturated heterocycles. The van der Waals surface area contributed by atoms with E-state index in [1.165, 1.54) is 15.3 Å². The van der Waals surface area contributed by atoms with Crippen LogP contribution < -0.4 is 5.73 Å². The third-order valence-corrected chi connectivity index (χ3v) is 4.38. The molecule has 84 valence electrons. The Hall–Kier alpha value is -0.930. The van der Waals surface area contributed by atoms with E-state index in [-0.39, 0.29) is 0 Å². The Morgan fingerprint density at radius 3 is 2.88 bits per heavy atom. The van der Waals surface area contributed by atoms with Crippen LogP contribution in [0.2, 0.25) is 0 Å². The fourth-order valence-electron chi connectivity index (χ4n) is 1.52. The molecule has 1 heterocycles. The van der Waals surface area contributed by atoms with E-state index >= 15 is 0 Å². The lowest BCUT2D eigenvalue weighted by atomic mass is 10.2. The summed E-state index contributed by atoms with van der Waals surface area (Å²) >= 11 is 3.66. The van der Waals surface area contributed by atoms with Crippen LogP contribution in [0.25, 0.3) is 0 Å². The first-order chi connectivity index (χ1) is 7.75. The first-order valence-corrected chi connectivity index (χ1v) is 7.13. The van der Waals surface area contributed by atoms with E-state index < -0.39 is 0 Å². The maximum atomic E-state index is 5.96. The number of hydrogen-bond donors (Lipinski definition) is 1. The Morgan fingerprint density at radius 2 is 2.19 bits per heavy atom. The molecule has 0 atom stereocenters. The summed E-state index contributed by atoms with van der Waals surface area (Å²) in [5.41, 5.74) is 8.08. The molecule has 0 amide bonds. The summed E-state index contributed by atoms with van der Waals surface area (Å²) in [6, 6.07) is 10.6. The molecule has 2 aromatic rings. The van der Waals surface area contributed by atoms with Gasteiger partial charge in [0.1, 0.15) is 0 Å². The van der Waals surface area contributed by atoms with E-state index in [1.807, 2.05) is 29.2 Å². The fraction of sp³-hybridized carbons (Fsp3) is 0.231. The quantitative estimate of drug-likeness (QED) is 0.655. The highest BCUT2D eigenvalue weighted by Gasteiger charge is 2.00. The maximum Gasteiger partial charge on any atom is 0.0454 e. The van der Waals surface area contributed by atoms with Crippen molar-refractivity contribution in [1.82, 2.24) is 0 Å². The maximum absolute atomic E-state index is 5.96. The summed E-state index contributed by atoms with van der Waals surface area (Å²) < 4.78 is 0. The molecule has 0 fully saturated rings. The second-order valence-electron chi connectivity index (χ2n) is 3.72. The predicted molar refractivity (Wildman–Crippen MR) is 74.3 cm³/mol. The molecule has 0 radical (unpaired) electrons. The van der Waals surface area contributed by atoms with Gasteiger partial charge in [0.25, 0.3) is 0 Å². The van der Waals surface area contributed by atoms with E-state index in [1.54, 1.807) is 0 Å². The van der Waals surface area contributed by atoms with Crippen molar-refractivity contribution in [1.29, 1.82) is 0 Å². The van der Waals surface area contributed by atoms with Crippen LogP contribution in [0.3, 0.4) is 0 Å². The van der Waals surface area contributed by atoms with Crippen LogP contribution in [-0.4, -0.2) is 5.75 Å². The van der Waals surface area contributed by atoms with E-state index in [0.29, 0.717) is 0 Å². The molecule has 0 aliphatic carbocycles. The summed E-state index contributed by atoms with van der Waals surface area (Å²) in [6.07, 6.45) is 1.12. The van der Waals surface area contributed by atoms with Crippen molar-refractivity contribution in [3.8, 4) is 0 Å². The molecule has 1 aromatic carbocycles. The molecule has 16 heavy (non-hydrogen) atoms. The van der Waals surface area contributed by atoms with E-state index in [0.717, 1.165) is 17.9 Å². The van der Waals surface area contributed by atoms with Gasteiger partial charge in [0.15, 0.2) is 0 Å². The fourth-order valence-corrected chi connectivity index (χ4v) is 3.29. The van der Waals surface area contributed by atoms with E-state index in [4.69, 9.17) is 5.73 Å². The summed E-state index contributed by atoms with van der Waals surface area (Å²) in [5.74, 6) is 1.09. The molecule has 2 N–H and O–H groups in total. The van der Waals surface area contributed by atoms with Gasteiger partial charge in [-0.05, 0) is 42.5 Å². The van der Waals surface area contributed by atoms with Crippen LogP contribution in [-0.2, 0) is 6.42 Å². The summed E-state index contributed by atoms with van der Waals surface area (Å²) in [4.78, 5) is 2.64. The van der Waals surface area contributed by atoms with Gasteiger partial charge in [0.05, 0.1) is 0 Å². The smallest absolute Gasteiger partial charge is 0.0454 e. The number of nitrogen functional groups attached to an aromatic ring is 1. The molecule has 0 saturated carbocycles. The molecule has 2 rings (SSSR count). The lowest BCUT2D eigenvalue weighted by molar-refractivity contribution is 1.20. The molecule has 0 spiro atoms. The van der Waals surface area contributed by atoms with Crippen molar-refractivity contribution in [2.24, 2.45) is 0 Å². The molecule has 0 bridgehead atoms. The second kappa shape index (κ2) is 5.41. The zero-order valence-electron chi connectivity index (χ0n) is 9.27. The second-order valence-corrected chi connectivity index (χ2v) is 5.89. The molecular weight excluding hydrogens is 234 g/mol. The lowest BCUT2D eigenvalue weighted by Crippen LogP contribution is -1.91. The van der Waals surface area contributed by atoms with Crippen molar-refractivity contribution < 1.29 is 0 Å². The van der Waals surface area contributed by atoms with Gasteiger partial charge in [-0.15, -0.1) is 23.1 Å². The monoisotopic (exact) mass is 249 g/mol. The zero-order valence-corrected chi connectivity index (χ0v) is 10.9. The van der Waals surface area contributed by atoms with Crippen LogP contribution in [0.1, 0.15) is 10.4 Å². The SMILES string of the molecule is Cc1ccc(SCCc2cccs2)c(N)c1. The van der Waals surface area contributed by atoms with Crippen LogP contribution in [0.4, 0.5) is 5.69 Å². The van der Waals surface area contributed by atoms with Crippen molar-refractivity contribution in [2.75, 3.05) is 11.5 Å². The van der Waals surface area contributed by atoms with Crippen LogP contribution in [0.15, 0.2) is 40.6 Å². The number of anilines is 1. The number of aryl methyl sites for hydroxylation is 2. The third-order valence-electron chi connectivity index (χ3n) is 2.35. The summed E-state index contributed by atoms with van der Waals surface area (Å²) in [6.45, 7) is 2.07. The van der Waals surface area contributed by atoms with Gasteiger partial charge in [-0.2, -0.15) is 0 Å². The van der Waals surface area contributed by atoms with Gasteiger partial charge in [-0.3, -0.25) is 0 Å². The topological polar surface area (TPSA) is 26.0 Å². The third kappa shape index (κ3) is 3.03. The Morgan fingerprint density at radius 1 is 1.31 bits per heavy atom. The lowest BCUT2D eigenvalue weighted by Gasteiger charge is -2.05. The number of thioether (sulfide) groups is 1. The average Bonchev–Trinajstić information content (AvgIpc) is 2.74. The minimum absolute atomic E-state index is 0.899. The highest BCUT2D eigenvalue weighted by Crippen LogP contribution is 2.26. The molecule has 1 nitrogen and oxygen atoms in total. The van der Waals surface area contributed by atoms with Gasteiger partial charge in [0, 0.05) is 21.2 Å². The molecular formula is C13H15NS2. The van der Waals surface area contributed by atoms with Gasteiger partial charge in [-0.25, -0.2) is 0 Å². The molecule has 0 unspecified atom stereocenters. The van der Waals surface area contributed by atoms with Gasteiger partial charge in [0.2, 0.25) is 0 Å². The Balaban J connectivity index is 1.90. The van der Waals surface area contributed by atoms with Gasteiger partial charge >= 0.3 is 0 Å². The molecule has 1 aromatic heterocycles. The number of nitrogens with two attached hydrogens (primary N) is 1. The summed E-state index contributed by atoms with van der Waals surface area (Å²) in [5, 5.41) is 2.13. The number of rotatable bonds is 4. The molecule has 0 aliphatic rings. The standard InChI is InChI=1S/C13H15NS2/c1-10-4-5-13(12(14)9-10)16-8-6-11-3-2-7-15-11/h2-5,7,9H,6,8,14H2,1H3. The van der Waals surface area contributed by atoms with Crippen molar-refractivity contribution >= 4 is 28.8 Å². The number of benzene rings is 1. The number of thiophene rings is 1. The van der Waals surface area contributed by atoms with Crippen molar-refractivity contribution in [2.45, 2.75) is 18.2 Å². The highest BCUT2D eigenvalue weighted by molar-refractivity contribution is 7.99. The van der Waals surface area contributed by atoms with E-state index in [2.05, 4.69) is 36.6 Å². The molecule has 3 heteroatoms. The van der Waals surface area contributed by atoms with E-state index in [9.17, 15) is 0 Å². The van der Waals surface area contributed by atoms with Crippen LogP contribution in [0, 0.1) is 6.92 Å². The summed E-state index contributed by atoms with van der Waals surface area (Å²) in [7, 11) is 0. The minimum atomic E-state index is 0.899.